The molecule has 3 rings (SSSR count). The van der Waals surface area contributed by atoms with Crippen LogP contribution in [0.15, 0.2) is 18.2 Å². The van der Waals surface area contributed by atoms with Gasteiger partial charge in [-0.2, -0.15) is 0 Å². The quantitative estimate of drug-likeness (QED) is 0.888. The van der Waals surface area contributed by atoms with Crippen LogP contribution in [0.1, 0.15) is 50.0 Å². The van der Waals surface area contributed by atoms with Gasteiger partial charge in [0.15, 0.2) is 0 Å². The first-order chi connectivity index (χ1) is 9.54. The molecule has 0 radical (unpaired) electrons. The highest BCUT2D eigenvalue weighted by Crippen LogP contribution is 2.34. The first-order valence-corrected chi connectivity index (χ1v) is 8.30. The summed E-state index contributed by atoms with van der Waals surface area (Å²) in [5.41, 5.74) is 13.5. The molecule has 1 unspecified atom stereocenters. The molecule has 1 nitrogen and oxygen atoms in total. The van der Waals surface area contributed by atoms with Crippen LogP contribution in [-0.4, -0.2) is 0 Å². The Labute approximate surface area is 125 Å². The third-order valence-corrected chi connectivity index (χ3v) is 5.76. The second-order valence-electron chi connectivity index (χ2n) is 6.14. The molecular weight excluding hydrogens is 262 g/mol. The fraction of sp³-hybridized carbons (Fsp3) is 0.444. The second kappa shape index (κ2) is 5.34. The van der Waals surface area contributed by atoms with E-state index in [0.717, 1.165) is 6.42 Å². The van der Waals surface area contributed by atoms with Crippen LogP contribution in [0.25, 0.3) is 0 Å². The zero-order valence-electron chi connectivity index (χ0n) is 12.6. The van der Waals surface area contributed by atoms with Gasteiger partial charge < -0.3 is 5.73 Å². The van der Waals surface area contributed by atoms with Gasteiger partial charge in [0.2, 0.25) is 0 Å². The molecule has 2 heteroatoms. The van der Waals surface area contributed by atoms with Gasteiger partial charge in [-0.1, -0.05) is 17.7 Å². The van der Waals surface area contributed by atoms with Crippen LogP contribution in [0.5, 0.6) is 0 Å². The van der Waals surface area contributed by atoms with E-state index in [1.54, 1.807) is 10.4 Å². The SMILES string of the molecule is Cc1cc(C)c(CC(N)c2cc3c(s2)CCC3)c(C)c1. The fourth-order valence-electron chi connectivity index (χ4n) is 3.39. The Bertz CT molecular complexity index is 594. The van der Waals surface area contributed by atoms with E-state index in [1.807, 2.05) is 11.3 Å². The zero-order valence-corrected chi connectivity index (χ0v) is 13.4. The van der Waals surface area contributed by atoms with Crippen LogP contribution in [0, 0.1) is 20.8 Å². The Morgan fingerprint density at radius 2 is 1.80 bits per heavy atom. The van der Waals surface area contributed by atoms with Crippen molar-refractivity contribution in [3.8, 4) is 0 Å². The molecule has 1 heterocycles. The number of hydrogen-bond donors (Lipinski definition) is 1. The molecule has 1 aliphatic rings. The van der Waals surface area contributed by atoms with Gasteiger partial charge in [-0.05, 0) is 74.8 Å². The Balaban J connectivity index is 1.83. The van der Waals surface area contributed by atoms with E-state index in [0.29, 0.717) is 0 Å². The average molecular weight is 285 g/mol. The average Bonchev–Trinajstić information content (AvgIpc) is 2.93. The summed E-state index contributed by atoms with van der Waals surface area (Å²) in [5.74, 6) is 0. The number of hydrogen-bond acceptors (Lipinski definition) is 2. The molecule has 2 aromatic rings. The molecule has 1 atom stereocenters. The van der Waals surface area contributed by atoms with Crippen molar-refractivity contribution in [3.05, 3.63) is 55.8 Å². The summed E-state index contributed by atoms with van der Waals surface area (Å²) < 4.78 is 0. The molecule has 1 aromatic heterocycles. The molecule has 0 bridgehead atoms. The van der Waals surface area contributed by atoms with Gasteiger partial charge in [-0.25, -0.2) is 0 Å². The summed E-state index contributed by atoms with van der Waals surface area (Å²) in [6.07, 6.45) is 4.79. The monoisotopic (exact) mass is 285 g/mol. The number of benzene rings is 1. The predicted molar refractivity (Wildman–Crippen MR) is 87.6 cm³/mol. The second-order valence-corrected chi connectivity index (χ2v) is 7.31. The maximum absolute atomic E-state index is 6.47. The van der Waals surface area contributed by atoms with Crippen LogP contribution < -0.4 is 5.73 Å². The van der Waals surface area contributed by atoms with Crippen LogP contribution >= 0.6 is 11.3 Å². The van der Waals surface area contributed by atoms with Gasteiger partial charge >= 0.3 is 0 Å². The largest absolute Gasteiger partial charge is 0.323 e. The molecule has 0 aliphatic heterocycles. The molecular formula is C18H23NS. The molecule has 1 aliphatic carbocycles. The molecule has 0 spiro atoms. The standard InChI is InChI=1S/C18H23NS/c1-11-7-12(2)15(13(3)8-11)10-16(19)18-9-14-5-4-6-17(14)20-18/h7-9,16H,4-6,10,19H2,1-3H3. The summed E-state index contributed by atoms with van der Waals surface area (Å²) in [6, 6.07) is 7.04. The minimum Gasteiger partial charge on any atom is -0.323 e. The van der Waals surface area contributed by atoms with Gasteiger partial charge in [0.25, 0.3) is 0 Å². The first kappa shape index (κ1) is 13.8. The van der Waals surface area contributed by atoms with Gasteiger partial charge in [0, 0.05) is 15.8 Å². The van der Waals surface area contributed by atoms with E-state index in [9.17, 15) is 0 Å². The van der Waals surface area contributed by atoms with E-state index < -0.39 is 0 Å². The molecule has 106 valence electrons. The smallest absolute Gasteiger partial charge is 0.0431 e. The number of nitrogens with two attached hydrogens (primary N) is 1. The number of rotatable bonds is 3. The summed E-state index contributed by atoms with van der Waals surface area (Å²) in [7, 11) is 0. The summed E-state index contributed by atoms with van der Waals surface area (Å²) in [4.78, 5) is 2.95. The highest BCUT2D eigenvalue weighted by atomic mass is 32.1. The first-order valence-electron chi connectivity index (χ1n) is 7.48. The number of thiophene rings is 1. The summed E-state index contributed by atoms with van der Waals surface area (Å²) in [5, 5.41) is 0. The molecule has 0 amide bonds. The van der Waals surface area contributed by atoms with Crippen molar-refractivity contribution in [2.75, 3.05) is 0 Å². The van der Waals surface area contributed by atoms with Crippen LogP contribution in [0.3, 0.4) is 0 Å². The third kappa shape index (κ3) is 2.55. The summed E-state index contributed by atoms with van der Waals surface area (Å²) in [6.45, 7) is 6.57. The van der Waals surface area contributed by atoms with Crippen molar-refractivity contribution in [2.45, 2.75) is 52.5 Å². The molecule has 0 fully saturated rings. The normalized spacial score (nSPS) is 15.4. The minimum atomic E-state index is 0.144. The lowest BCUT2D eigenvalue weighted by atomic mass is 9.94. The predicted octanol–water partition coefficient (Wildman–Crippen LogP) is 4.40. The Morgan fingerprint density at radius 1 is 1.10 bits per heavy atom. The molecule has 0 saturated carbocycles. The maximum Gasteiger partial charge on any atom is 0.0431 e. The topological polar surface area (TPSA) is 26.0 Å². The highest BCUT2D eigenvalue weighted by Gasteiger charge is 2.19. The fourth-order valence-corrected chi connectivity index (χ4v) is 4.65. The Hall–Kier alpha value is -1.12. The summed E-state index contributed by atoms with van der Waals surface area (Å²) >= 11 is 1.94. The van der Waals surface area contributed by atoms with E-state index >= 15 is 0 Å². The van der Waals surface area contributed by atoms with Crippen molar-refractivity contribution >= 4 is 11.3 Å². The maximum atomic E-state index is 6.47. The third-order valence-electron chi connectivity index (χ3n) is 4.40. The molecule has 20 heavy (non-hydrogen) atoms. The zero-order chi connectivity index (χ0) is 14.3. The van der Waals surface area contributed by atoms with Gasteiger partial charge in [-0.3, -0.25) is 0 Å². The van der Waals surface area contributed by atoms with Gasteiger partial charge in [0.1, 0.15) is 0 Å². The van der Waals surface area contributed by atoms with Gasteiger partial charge in [0.05, 0.1) is 0 Å². The van der Waals surface area contributed by atoms with Crippen molar-refractivity contribution in [1.82, 2.24) is 0 Å². The van der Waals surface area contributed by atoms with Crippen LogP contribution in [0.4, 0.5) is 0 Å². The van der Waals surface area contributed by atoms with Crippen molar-refractivity contribution in [3.63, 3.8) is 0 Å². The minimum absolute atomic E-state index is 0.144. The van der Waals surface area contributed by atoms with Crippen molar-refractivity contribution in [2.24, 2.45) is 5.73 Å². The van der Waals surface area contributed by atoms with Crippen molar-refractivity contribution < 1.29 is 0 Å². The van der Waals surface area contributed by atoms with E-state index in [1.165, 1.54) is 46.4 Å². The molecule has 0 saturated heterocycles. The number of aryl methyl sites for hydroxylation is 5. The van der Waals surface area contributed by atoms with Crippen LogP contribution in [0.2, 0.25) is 0 Å². The van der Waals surface area contributed by atoms with E-state index in [2.05, 4.69) is 39.0 Å². The van der Waals surface area contributed by atoms with E-state index in [4.69, 9.17) is 5.73 Å². The molecule has 1 aromatic carbocycles. The van der Waals surface area contributed by atoms with Crippen molar-refractivity contribution in [1.29, 1.82) is 0 Å². The lowest BCUT2D eigenvalue weighted by molar-refractivity contribution is 0.728. The molecule has 2 N–H and O–H groups in total. The Kier molecular flexibility index (Phi) is 3.70. The number of fused-ring (bicyclic) bond motifs is 1. The lowest BCUT2D eigenvalue weighted by Crippen LogP contribution is -2.13. The van der Waals surface area contributed by atoms with Crippen LogP contribution in [-0.2, 0) is 19.3 Å². The van der Waals surface area contributed by atoms with Gasteiger partial charge in [-0.15, -0.1) is 11.3 Å². The highest BCUT2D eigenvalue weighted by molar-refractivity contribution is 7.12. The van der Waals surface area contributed by atoms with E-state index in [-0.39, 0.29) is 6.04 Å². The lowest BCUT2D eigenvalue weighted by Gasteiger charge is -2.15. The Morgan fingerprint density at radius 3 is 2.45 bits per heavy atom.